The Kier molecular flexibility index (Phi) is 2.84. The molecule has 1 atom stereocenters. The first-order valence-corrected chi connectivity index (χ1v) is 6.88. The number of anilines is 2. The highest BCUT2D eigenvalue weighted by Gasteiger charge is 2.35. The van der Waals surface area contributed by atoms with Gasteiger partial charge in [0.25, 0.3) is 0 Å². The number of hydrogen-bond donors (Lipinski definition) is 2. The van der Waals surface area contributed by atoms with Crippen LogP contribution < -0.4 is 10.6 Å². The van der Waals surface area contributed by atoms with E-state index in [4.69, 9.17) is 0 Å². The molecule has 0 saturated heterocycles. The minimum Gasteiger partial charge on any atom is -0.372 e. The SMILES string of the molecule is CNc1cn2ccnc2c(NC2CCCC2(C)C)n1. The van der Waals surface area contributed by atoms with Crippen molar-refractivity contribution in [2.75, 3.05) is 17.7 Å². The van der Waals surface area contributed by atoms with Crippen LogP contribution >= 0.6 is 0 Å². The van der Waals surface area contributed by atoms with E-state index in [1.807, 2.05) is 23.8 Å². The lowest BCUT2D eigenvalue weighted by molar-refractivity contribution is 0.349. The van der Waals surface area contributed by atoms with Gasteiger partial charge in [0.15, 0.2) is 11.5 Å². The summed E-state index contributed by atoms with van der Waals surface area (Å²) in [7, 11) is 1.88. The summed E-state index contributed by atoms with van der Waals surface area (Å²) in [6, 6.07) is 0.465. The van der Waals surface area contributed by atoms with Crippen LogP contribution in [0.4, 0.5) is 11.6 Å². The number of rotatable bonds is 3. The number of hydrogen-bond acceptors (Lipinski definition) is 4. The molecule has 2 aromatic heterocycles. The first kappa shape index (κ1) is 12.3. The summed E-state index contributed by atoms with van der Waals surface area (Å²) in [5.74, 6) is 1.72. The summed E-state index contributed by atoms with van der Waals surface area (Å²) in [4.78, 5) is 9.01. The molecule has 1 unspecified atom stereocenters. The van der Waals surface area contributed by atoms with E-state index in [-0.39, 0.29) is 0 Å². The molecule has 3 rings (SSSR count). The van der Waals surface area contributed by atoms with E-state index in [1.54, 1.807) is 6.20 Å². The maximum atomic E-state index is 4.62. The minimum atomic E-state index is 0.320. The molecule has 1 aliphatic rings. The van der Waals surface area contributed by atoms with Crippen molar-refractivity contribution in [3.05, 3.63) is 18.6 Å². The molecule has 2 heterocycles. The molecule has 5 heteroatoms. The summed E-state index contributed by atoms with van der Waals surface area (Å²) in [6.07, 6.45) is 9.45. The normalized spacial score (nSPS) is 21.7. The number of aromatic nitrogens is 3. The van der Waals surface area contributed by atoms with Crippen LogP contribution in [0, 0.1) is 5.41 Å². The van der Waals surface area contributed by atoms with Gasteiger partial charge >= 0.3 is 0 Å². The lowest BCUT2D eigenvalue weighted by Crippen LogP contribution is -2.31. The van der Waals surface area contributed by atoms with Crippen LogP contribution in [0.5, 0.6) is 0 Å². The van der Waals surface area contributed by atoms with Gasteiger partial charge in [-0.2, -0.15) is 0 Å². The quantitative estimate of drug-likeness (QED) is 0.890. The van der Waals surface area contributed by atoms with Gasteiger partial charge in [0.2, 0.25) is 0 Å². The van der Waals surface area contributed by atoms with Crippen molar-refractivity contribution in [1.82, 2.24) is 14.4 Å². The van der Waals surface area contributed by atoms with Crippen molar-refractivity contribution in [3.8, 4) is 0 Å². The predicted octanol–water partition coefficient (Wildman–Crippen LogP) is 2.76. The average Bonchev–Trinajstić information content (AvgIpc) is 2.96. The maximum absolute atomic E-state index is 4.62. The van der Waals surface area contributed by atoms with Crippen LogP contribution in [0.15, 0.2) is 18.6 Å². The summed E-state index contributed by atoms with van der Waals surface area (Å²) >= 11 is 0. The van der Waals surface area contributed by atoms with Gasteiger partial charge in [0.05, 0.1) is 6.20 Å². The van der Waals surface area contributed by atoms with E-state index in [0.717, 1.165) is 17.3 Å². The van der Waals surface area contributed by atoms with Gasteiger partial charge in [-0.1, -0.05) is 20.3 Å². The molecule has 1 saturated carbocycles. The third-order valence-corrected chi connectivity index (χ3v) is 4.20. The molecular weight excluding hydrogens is 238 g/mol. The van der Waals surface area contributed by atoms with Crippen LogP contribution in [0.1, 0.15) is 33.1 Å². The predicted molar refractivity (Wildman–Crippen MR) is 77.6 cm³/mol. The Morgan fingerprint density at radius 1 is 1.42 bits per heavy atom. The fourth-order valence-electron chi connectivity index (χ4n) is 2.91. The van der Waals surface area contributed by atoms with E-state index in [2.05, 4.69) is 34.4 Å². The maximum Gasteiger partial charge on any atom is 0.180 e. The van der Waals surface area contributed by atoms with Crippen molar-refractivity contribution in [1.29, 1.82) is 0 Å². The zero-order valence-electron chi connectivity index (χ0n) is 11.8. The van der Waals surface area contributed by atoms with Crippen molar-refractivity contribution in [2.45, 2.75) is 39.2 Å². The summed E-state index contributed by atoms with van der Waals surface area (Å²) < 4.78 is 2.00. The first-order valence-electron chi connectivity index (χ1n) is 6.88. The summed E-state index contributed by atoms with van der Waals surface area (Å²) in [6.45, 7) is 4.64. The second-order valence-electron chi connectivity index (χ2n) is 5.96. The summed E-state index contributed by atoms with van der Waals surface area (Å²) in [5.41, 5.74) is 1.21. The molecule has 1 fully saturated rings. The van der Waals surface area contributed by atoms with Crippen LogP contribution in [0.2, 0.25) is 0 Å². The molecule has 2 N–H and O–H groups in total. The van der Waals surface area contributed by atoms with Gasteiger partial charge in [0, 0.05) is 25.5 Å². The van der Waals surface area contributed by atoms with Gasteiger partial charge in [-0.3, -0.25) is 0 Å². The molecule has 0 bridgehead atoms. The Morgan fingerprint density at radius 3 is 2.95 bits per heavy atom. The Morgan fingerprint density at radius 2 is 2.26 bits per heavy atom. The van der Waals surface area contributed by atoms with E-state index < -0.39 is 0 Å². The van der Waals surface area contributed by atoms with E-state index >= 15 is 0 Å². The Labute approximate surface area is 113 Å². The topological polar surface area (TPSA) is 54.2 Å². The average molecular weight is 259 g/mol. The molecule has 1 aliphatic carbocycles. The zero-order chi connectivity index (χ0) is 13.5. The van der Waals surface area contributed by atoms with Gasteiger partial charge < -0.3 is 15.0 Å². The molecule has 102 valence electrons. The Hall–Kier alpha value is -1.78. The molecular formula is C14H21N5. The Bertz CT molecular complexity index is 587. The largest absolute Gasteiger partial charge is 0.372 e. The lowest BCUT2D eigenvalue weighted by atomic mass is 9.87. The van der Waals surface area contributed by atoms with Crippen molar-refractivity contribution in [3.63, 3.8) is 0 Å². The van der Waals surface area contributed by atoms with Gasteiger partial charge in [-0.25, -0.2) is 9.97 Å². The van der Waals surface area contributed by atoms with Gasteiger partial charge in [-0.15, -0.1) is 0 Å². The molecule has 19 heavy (non-hydrogen) atoms. The number of nitrogens with zero attached hydrogens (tertiary/aromatic N) is 3. The molecule has 2 aromatic rings. The van der Waals surface area contributed by atoms with E-state index in [0.29, 0.717) is 11.5 Å². The van der Waals surface area contributed by atoms with Gasteiger partial charge in [0.1, 0.15) is 5.82 Å². The van der Waals surface area contributed by atoms with Crippen LogP contribution in [-0.2, 0) is 0 Å². The van der Waals surface area contributed by atoms with Gasteiger partial charge in [-0.05, 0) is 18.3 Å². The van der Waals surface area contributed by atoms with E-state index in [9.17, 15) is 0 Å². The highest BCUT2D eigenvalue weighted by molar-refractivity contribution is 5.65. The minimum absolute atomic E-state index is 0.320. The van der Waals surface area contributed by atoms with E-state index in [1.165, 1.54) is 19.3 Å². The van der Waals surface area contributed by atoms with Crippen LogP contribution in [0.25, 0.3) is 5.65 Å². The molecule has 0 spiro atoms. The molecule has 0 aromatic carbocycles. The zero-order valence-corrected chi connectivity index (χ0v) is 11.8. The number of nitrogens with one attached hydrogen (secondary N) is 2. The van der Waals surface area contributed by atoms with Crippen molar-refractivity contribution >= 4 is 17.3 Å². The Balaban J connectivity index is 1.97. The fraction of sp³-hybridized carbons (Fsp3) is 0.571. The number of imidazole rings is 1. The second-order valence-corrected chi connectivity index (χ2v) is 5.96. The number of fused-ring (bicyclic) bond motifs is 1. The fourth-order valence-corrected chi connectivity index (χ4v) is 2.91. The summed E-state index contributed by atoms with van der Waals surface area (Å²) in [5, 5.41) is 6.70. The van der Waals surface area contributed by atoms with Crippen molar-refractivity contribution in [2.24, 2.45) is 5.41 Å². The molecule has 0 amide bonds. The monoisotopic (exact) mass is 259 g/mol. The standard InChI is InChI=1S/C14H21N5/c1-14(2)6-4-5-10(14)17-12-13-16-7-8-19(13)9-11(15-3)18-12/h7-10,15H,4-6H2,1-3H3,(H,17,18). The first-order chi connectivity index (χ1) is 9.10. The molecule has 5 nitrogen and oxygen atoms in total. The lowest BCUT2D eigenvalue weighted by Gasteiger charge is -2.28. The second kappa shape index (κ2) is 4.40. The smallest absolute Gasteiger partial charge is 0.180 e. The molecule has 0 aliphatic heterocycles. The highest BCUT2D eigenvalue weighted by Crippen LogP contribution is 2.39. The third-order valence-electron chi connectivity index (χ3n) is 4.20. The van der Waals surface area contributed by atoms with Crippen LogP contribution in [-0.4, -0.2) is 27.5 Å². The van der Waals surface area contributed by atoms with Crippen LogP contribution in [0.3, 0.4) is 0 Å². The molecule has 0 radical (unpaired) electrons. The third kappa shape index (κ3) is 2.13. The highest BCUT2D eigenvalue weighted by atomic mass is 15.2. The van der Waals surface area contributed by atoms with Crippen molar-refractivity contribution < 1.29 is 0 Å².